The number of Topliss-reactive ketones (excluding diaryl/α,β-unsaturated/α-hetero) is 1. The zero-order valence-electron chi connectivity index (χ0n) is 11.2. The molecule has 1 heterocycles. The lowest BCUT2D eigenvalue weighted by Crippen LogP contribution is -2.11. The highest BCUT2D eigenvalue weighted by molar-refractivity contribution is 6.01. The van der Waals surface area contributed by atoms with Gasteiger partial charge in [-0.25, -0.2) is 0 Å². The molecule has 0 radical (unpaired) electrons. The van der Waals surface area contributed by atoms with Crippen LogP contribution in [0.4, 0.5) is 0 Å². The topological polar surface area (TPSA) is 30.2 Å². The first-order valence-electron chi connectivity index (χ1n) is 6.56. The summed E-state index contributed by atoms with van der Waals surface area (Å²) in [4.78, 5) is 11.8. The fraction of sp³-hybridized carbons (Fsp3) is 0.438. The summed E-state index contributed by atoms with van der Waals surface area (Å²) in [7, 11) is 0. The number of benzene rings is 1. The van der Waals surface area contributed by atoms with Gasteiger partial charge >= 0.3 is 0 Å². The summed E-state index contributed by atoms with van der Waals surface area (Å²) in [5, 5.41) is 1.13. The molecule has 3 rings (SSSR count). The van der Waals surface area contributed by atoms with Crippen LogP contribution in [0, 0.1) is 0 Å². The van der Waals surface area contributed by atoms with Crippen molar-refractivity contribution in [2.24, 2.45) is 0 Å². The summed E-state index contributed by atoms with van der Waals surface area (Å²) in [6.07, 6.45) is 2.53. The number of hydrogen-bond donors (Lipinski definition) is 0. The second kappa shape index (κ2) is 3.71. The molecule has 0 aliphatic heterocycles. The van der Waals surface area contributed by atoms with Crippen molar-refractivity contribution in [2.75, 3.05) is 0 Å². The van der Waals surface area contributed by atoms with Crippen molar-refractivity contribution in [2.45, 2.75) is 45.4 Å². The molecular weight excluding hydrogens is 224 g/mol. The highest BCUT2D eigenvalue weighted by Crippen LogP contribution is 2.34. The number of carbonyl (C=O) groups excluding carboxylic acids is 1. The van der Waals surface area contributed by atoms with Crippen LogP contribution in [0.3, 0.4) is 0 Å². The summed E-state index contributed by atoms with van der Waals surface area (Å²) in [6.45, 7) is 6.60. The van der Waals surface area contributed by atoms with Crippen LogP contribution in [0.5, 0.6) is 0 Å². The van der Waals surface area contributed by atoms with Gasteiger partial charge in [-0.3, -0.25) is 4.79 Å². The fourth-order valence-corrected chi connectivity index (χ4v) is 2.63. The minimum absolute atomic E-state index is 0.122. The van der Waals surface area contributed by atoms with E-state index in [-0.39, 0.29) is 11.2 Å². The zero-order chi connectivity index (χ0) is 12.9. The zero-order valence-corrected chi connectivity index (χ0v) is 11.2. The van der Waals surface area contributed by atoms with Gasteiger partial charge in [-0.15, -0.1) is 0 Å². The Kier molecular flexibility index (Phi) is 2.37. The second-order valence-corrected chi connectivity index (χ2v) is 6.15. The SMILES string of the molecule is CC(C)(C)c1ccc2oc3c(c2c1)CCCC3=O. The Labute approximate surface area is 107 Å². The predicted octanol–water partition coefficient (Wildman–Crippen LogP) is 4.25. The maximum absolute atomic E-state index is 11.8. The van der Waals surface area contributed by atoms with E-state index in [9.17, 15) is 4.79 Å². The predicted molar refractivity (Wildman–Crippen MR) is 72.2 cm³/mol. The molecule has 0 N–H and O–H groups in total. The van der Waals surface area contributed by atoms with E-state index in [4.69, 9.17) is 4.42 Å². The van der Waals surface area contributed by atoms with Gasteiger partial charge in [-0.1, -0.05) is 26.8 Å². The van der Waals surface area contributed by atoms with Crippen molar-refractivity contribution >= 4 is 16.8 Å². The van der Waals surface area contributed by atoms with Gasteiger partial charge < -0.3 is 4.42 Å². The smallest absolute Gasteiger partial charge is 0.198 e. The Morgan fingerprint density at radius 3 is 2.67 bits per heavy atom. The van der Waals surface area contributed by atoms with Gasteiger partial charge in [-0.05, 0) is 36.0 Å². The maximum atomic E-state index is 11.8. The highest BCUT2D eigenvalue weighted by Gasteiger charge is 2.25. The van der Waals surface area contributed by atoms with E-state index < -0.39 is 0 Å². The van der Waals surface area contributed by atoms with Crippen molar-refractivity contribution in [3.63, 3.8) is 0 Å². The number of furan rings is 1. The van der Waals surface area contributed by atoms with Crippen LogP contribution in [-0.4, -0.2) is 5.78 Å². The number of carbonyl (C=O) groups is 1. The summed E-state index contributed by atoms with van der Waals surface area (Å²) < 4.78 is 5.72. The maximum Gasteiger partial charge on any atom is 0.198 e. The van der Waals surface area contributed by atoms with Gasteiger partial charge in [0, 0.05) is 17.4 Å². The Balaban J connectivity index is 2.25. The van der Waals surface area contributed by atoms with Crippen molar-refractivity contribution in [3.05, 3.63) is 35.1 Å². The monoisotopic (exact) mass is 242 g/mol. The van der Waals surface area contributed by atoms with E-state index in [0.717, 1.165) is 29.4 Å². The van der Waals surface area contributed by atoms with Gasteiger partial charge in [-0.2, -0.15) is 0 Å². The van der Waals surface area contributed by atoms with Gasteiger partial charge in [0.15, 0.2) is 11.5 Å². The molecule has 1 aromatic carbocycles. The molecule has 2 nitrogen and oxygen atoms in total. The van der Waals surface area contributed by atoms with Gasteiger partial charge in [0.05, 0.1) is 0 Å². The van der Waals surface area contributed by atoms with E-state index >= 15 is 0 Å². The lowest BCUT2D eigenvalue weighted by molar-refractivity contribution is 0.0946. The minimum atomic E-state index is 0.122. The van der Waals surface area contributed by atoms with Crippen molar-refractivity contribution in [3.8, 4) is 0 Å². The molecule has 18 heavy (non-hydrogen) atoms. The van der Waals surface area contributed by atoms with Gasteiger partial charge in [0.25, 0.3) is 0 Å². The lowest BCUT2D eigenvalue weighted by atomic mass is 9.85. The van der Waals surface area contributed by atoms with Crippen molar-refractivity contribution in [1.29, 1.82) is 0 Å². The fourth-order valence-electron chi connectivity index (χ4n) is 2.63. The molecule has 0 spiro atoms. The Hall–Kier alpha value is -1.57. The largest absolute Gasteiger partial charge is 0.453 e. The first-order chi connectivity index (χ1) is 8.47. The molecule has 0 saturated carbocycles. The van der Waals surface area contributed by atoms with Crippen LogP contribution in [-0.2, 0) is 11.8 Å². The molecule has 1 aromatic heterocycles. The second-order valence-electron chi connectivity index (χ2n) is 6.15. The molecule has 0 fully saturated rings. The van der Waals surface area contributed by atoms with Crippen LogP contribution >= 0.6 is 0 Å². The summed E-state index contributed by atoms with van der Waals surface area (Å²) in [6, 6.07) is 6.29. The summed E-state index contributed by atoms with van der Waals surface area (Å²) >= 11 is 0. The average molecular weight is 242 g/mol. The molecule has 0 unspecified atom stereocenters. The third kappa shape index (κ3) is 1.67. The van der Waals surface area contributed by atoms with Crippen LogP contribution in [0.2, 0.25) is 0 Å². The molecule has 1 aliphatic rings. The average Bonchev–Trinajstić information content (AvgIpc) is 2.67. The molecule has 0 atom stereocenters. The lowest BCUT2D eigenvalue weighted by Gasteiger charge is -2.19. The quantitative estimate of drug-likeness (QED) is 0.691. The first kappa shape index (κ1) is 11.5. The van der Waals surface area contributed by atoms with E-state index in [0.29, 0.717) is 12.2 Å². The number of rotatable bonds is 0. The molecule has 1 aliphatic carbocycles. The Bertz CT molecular complexity index is 626. The Morgan fingerprint density at radius 2 is 1.94 bits per heavy atom. The molecular formula is C16H18O2. The number of hydrogen-bond acceptors (Lipinski definition) is 2. The normalized spacial score (nSPS) is 16.1. The van der Waals surface area contributed by atoms with Gasteiger partial charge in [0.1, 0.15) is 5.58 Å². The van der Waals surface area contributed by atoms with Crippen LogP contribution in [0.15, 0.2) is 22.6 Å². The third-order valence-electron chi connectivity index (χ3n) is 3.74. The molecule has 0 bridgehead atoms. The van der Waals surface area contributed by atoms with Crippen LogP contribution < -0.4 is 0 Å². The van der Waals surface area contributed by atoms with Crippen LogP contribution in [0.25, 0.3) is 11.0 Å². The molecule has 94 valence electrons. The number of ketones is 1. The molecule has 0 amide bonds. The number of fused-ring (bicyclic) bond motifs is 3. The first-order valence-corrected chi connectivity index (χ1v) is 6.56. The Morgan fingerprint density at radius 1 is 1.17 bits per heavy atom. The molecule has 2 heteroatoms. The standard InChI is InChI=1S/C16H18O2/c1-16(2,3)10-7-8-14-12(9-10)11-5-4-6-13(17)15(11)18-14/h7-9H,4-6H2,1-3H3. The van der Waals surface area contributed by atoms with E-state index in [1.165, 1.54) is 5.56 Å². The number of aryl methyl sites for hydroxylation is 1. The van der Waals surface area contributed by atoms with E-state index in [1.54, 1.807) is 0 Å². The molecule has 0 saturated heterocycles. The summed E-state index contributed by atoms with van der Waals surface area (Å²) in [5.41, 5.74) is 3.38. The van der Waals surface area contributed by atoms with Crippen molar-refractivity contribution < 1.29 is 9.21 Å². The third-order valence-corrected chi connectivity index (χ3v) is 3.74. The van der Waals surface area contributed by atoms with Crippen LogP contribution in [0.1, 0.15) is 55.3 Å². The highest BCUT2D eigenvalue weighted by atomic mass is 16.3. The van der Waals surface area contributed by atoms with E-state index in [2.05, 4.69) is 32.9 Å². The van der Waals surface area contributed by atoms with Crippen molar-refractivity contribution in [1.82, 2.24) is 0 Å². The molecule has 2 aromatic rings. The van der Waals surface area contributed by atoms with Gasteiger partial charge in [0.2, 0.25) is 0 Å². The summed E-state index contributed by atoms with van der Waals surface area (Å²) in [5.74, 6) is 0.757. The minimum Gasteiger partial charge on any atom is -0.453 e. The van der Waals surface area contributed by atoms with E-state index in [1.807, 2.05) is 6.07 Å².